The van der Waals surface area contributed by atoms with Crippen molar-refractivity contribution in [2.45, 2.75) is 46.3 Å². The lowest BCUT2D eigenvalue weighted by Gasteiger charge is -2.43. The quantitative estimate of drug-likeness (QED) is 0.585. The molecule has 3 nitrogen and oxygen atoms in total. The van der Waals surface area contributed by atoms with Gasteiger partial charge in [-0.3, -0.25) is 9.59 Å². The van der Waals surface area contributed by atoms with Crippen LogP contribution in [0.1, 0.15) is 34.1 Å². The molecule has 0 amide bonds. The van der Waals surface area contributed by atoms with Gasteiger partial charge in [0.25, 0.3) is 0 Å². The molecule has 0 spiro atoms. The maximum absolute atomic E-state index is 12.1. The molecule has 3 rings (SSSR count). The van der Waals surface area contributed by atoms with Gasteiger partial charge >= 0.3 is 0 Å². The van der Waals surface area contributed by atoms with Gasteiger partial charge in [0.2, 0.25) is 0 Å². The predicted octanol–water partition coefficient (Wildman–Crippen LogP) is 1.59. The minimum atomic E-state index is -0.569. The summed E-state index contributed by atoms with van der Waals surface area (Å²) in [7, 11) is 0. The van der Waals surface area contributed by atoms with Gasteiger partial charge in [0.15, 0.2) is 0 Å². The Morgan fingerprint density at radius 3 is 1.75 bits per heavy atom. The van der Waals surface area contributed by atoms with Crippen LogP contribution in [-0.4, -0.2) is 23.8 Å². The molecule has 6 unspecified atom stereocenters. The minimum absolute atomic E-state index is 0.0588. The molecule has 0 aromatic heterocycles. The van der Waals surface area contributed by atoms with Crippen molar-refractivity contribution in [1.82, 2.24) is 0 Å². The van der Waals surface area contributed by atoms with Crippen LogP contribution in [0.25, 0.3) is 0 Å². The van der Waals surface area contributed by atoms with E-state index in [1.807, 2.05) is 13.8 Å². The fourth-order valence-corrected chi connectivity index (χ4v) is 4.28. The van der Waals surface area contributed by atoms with Crippen LogP contribution in [0.3, 0.4) is 0 Å². The van der Waals surface area contributed by atoms with E-state index >= 15 is 0 Å². The van der Waals surface area contributed by atoms with Crippen molar-refractivity contribution in [2.75, 3.05) is 0 Å². The van der Waals surface area contributed by atoms with E-state index in [-0.39, 0.29) is 30.2 Å². The molecule has 2 heterocycles. The second-order valence-corrected chi connectivity index (χ2v) is 6.12. The van der Waals surface area contributed by atoms with Crippen molar-refractivity contribution in [3.63, 3.8) is 0 Å². The molecule has 6 atom stereocenters. The summed E-state index contributed by atoms with van der Waals surface area (Å²) in [6.45, 7) is 8.15. The van der Waals surface area contributed by atoms with Gasteiger partial charge in [0.1, 0.15) is 11.6 Å². The van der Waals surface area contributed by atoms with Crippen molar-refractivity contribution in [3.05, 3.63) is 0 Å². The van der Waals surface area contributed by atoms with Crippen LogP contribution in [0.4, 0.5) is 0 Å². The number of hydrogen-bond donors (Lipinski definition) is 0. The molecular weight excluding hydrogens is 204 g/mol. The smallest absolute Gasteiger partial charge is 0.149 e. The number of Topliss-reactive ketones (excluding diaryl/α,β-unsaturated/α-hetero) is 2. The number of fused-ring (bicyclic) bond motifs is 5. The standard InChI is InChI=1S/C13H18O3/c1-6-7(2)11-13(4)9(15)5-8(14)12(13,3)10(6)16-11/h6-7,10-11H,5H2,1-4H3. The van der Waals surface area contributed by atoms with Gasteiger partial charge in [-0.25, -0.2) is 0 Å². The summed E-state index contributed by atoms with van der Waals surface area (Å²) in [4.78, 5) is 24.3. The topological polar surface area (TPSA) is 43.4 Å². The first-order valence-corrected chi connectivity index (χ1v) is 6.07. The van der Waals surface area contributed by atoms with Gasteiger partial charge < -0.3 is 4.74 Å². The van der Waals surface area contributed by atoms with Crippen LogP contribution >= 0.6 is 0 Å². The van der Waals surface area contributed by atoms with Crippen LogP contribution in [0.5, 0.6) is 0 Å². The van der Waals surface area contributed by atoms with Crippen LogP contribution in [0.2, 0.25) is 0 Å². The molecule has 0 N–H and O–H groups in total. The van der Waals surface area contributed by atoms with Gasteiger partial charge in [-0.1, -0.05) is 13.8 Å². The molecule has 16 heavy (non-hydrogen) atoms. The van der Waals surface area contributed by atoms with E-state index in [4.69, 9.17) is 4.74 Å². The first kappa shape index (κ1) is 10.5. The summed E-state index contributed by atoms with van der Waals surface area (Å²) in [5.41, 5.74) is -1.14. The summed E-state index contributed by atoms with van der Waals surface area (Å²) in [5, 5.41) is 0. The molecule has 3 heteroatoms. The average Bonchev–Trinajstić information content (AvgIpc) is 2.70. The number of ketones is 2. The van der Waals surface area contributed by atoms with E-state index in [0.717, 1.165) is 0 Å². The zero-order valence-electron chi connectivity index (χ0n) is 10.2. The normalized spacial score (nSPS) is 59.5. The molecule has 3 fully saturated rings. The van der Waals surface area contributed by atoms with Gasteiger partial charge in [0.05, 0.1) is 29.5 Å². The van der Waals surface area contributed by atoms with Crippen LogP contribution in [0.15, 0.2) is 0 Å². The van der Waals surface area contributed by atoms with Gasteiger partial charge in [0, 0.05) is 0 Å². The third kappa shape index (κ3) is 0.736. The predicted molar refractivity (Wildman–Crippen MR) is 57.8 cm³/mol. The Hall–Kier alpha value is -0.700. The molecule has 0 radical (unpaired) electrons. The average molecular weight is 222 g/mol. The van der Waals surface area contributed by atoms with E-state index in [9.17, 15) is 9.59 Å². The Labute approximate surface area is 95.5 Å². The Morgan fingerprint density at radius 2 is 1.38 bits per heavy atom. The zero-order valence-corrected chi connectivity index (χ0v) is 10.2. The number of rotatable bonds is 0. The lowest BCUT2D eigenvalue weighted by atomic mass is 9.54. The van der Waals surface area contributed by atoms with Crippen molar-refractivity contribution >= 4 is 11.6 Å². The first-order valence-electron chi connectivity index (χ1n) is 6.07. The maximum atomic E-state index is 12.1. The summed E-state index contributed by atoms with van der Waals surface area (Å²) >= 11 is 0. The lowest BCUT2D eigenvalue weighted by molar-refractivity contribution is -0.135. The number of hydrogen-bond acceptors (Lipinski definition) is 3. The highest BCUT2D eigenvalue weighted by Gasteiger charge is 2.77. The van der Waals surface area contributed by atoms with E-state index in [2.05, 4.69) is 13.8 Å². The van der Waals surface area contributed by atoms with Crippen LogP contribution in [-0.2, 0) is 14.3 Å². The van der Waals surface area contributed by atoms with Crippen LogP contribution < -0.4 is 0 Å². The zero-order chi connectivity index (χ0) is 11.9. The highest BCUT2D eigenvalue weighted by molar-refractivity contribution is 6.14. The van der Waals surface area contributed by atoms with Crippen molar-refractivity contribution in [1.29, 1.82) is 0 Å². The Bertz CT molecular complexity index is 366. The highest BCUT2D eigenvalue weighted by Crippen LogP contribution is 2.67. The van der Waals surface area contributed by atoms with Gasteiger partial charge in [-0.2, -0.15) is 0 Å². The third-order valence-corrected chi connectivity index (χ3v) is 5.77. The van der Waals surface area contributed by atoms with E-state index in [1.165, 1.54) is 0 Å². The van der Waals surface area contributed by atoms with Gasteiger partial charge in [-0.05, 0) is 25.7 Å². The summed E-state index contributed by atoms with van der Waals surface area (Å²) in [5.74, 6) is 0.924. The van der Waals surface area contributed by atoms with Gasteiger partial charge in [-0.15, -0.1) is 0 Å². The molecule has 2 bridgehead atoms. The summed E-state index contributed by atoms with van der Waals surface area (Å²) < 4.78 is 5.97. The number of ether oxygens (including phenoxy) is 1. The first-order chi connectivity index (χ1) is 7.35. The lowest BCUT2D eigenvalue weighted by Crippen LogP contribution is -2.54. The van der Waals surface area contributed by atoms with E-state index in [0.29, 0.717) is 11.8 Å². The fourth-order valence-electron chi connectivity index (χ4n) is 4.28. The van der Waals surface area contributed by atoms with Crippen molar-refractivity contribution in [3.8, 4) is 0 Å². The number of carbonyl (C=O) groups excluding carboxylic acids is 2. The van der Waals surface area contributed by atoms with Crippen LogP contribution in [0, 0.1) is 22.7 Å². The molecule has 1 aliphatic carbocycles. The third-order valence-electron chi connectivity index (χ3n) is 5.77. The monoisotopic (exact) mass is 222 g/mol. The minimum Gasteiger partial charge on any atom is -0.372 e. The molecular formula is C13H18O3. The number of carbonyl (C=O) groups is 2. The largest absolute Gasteiger partial charge is 0.372 e. The Balaban J connectivity index is 2.20. The van der Waals surface area contributed by atoms with E-state index in [1.54, 1.807) is 0 Å². The fraction of sp³-hybridized carbons (Fsp3) is 0.846. The Morgan fingerprint density at radius 1 is 1.00 bits per heavy atom. The molecule has 2 saturated heterocycles. The van der Waals surface area contributed by atoms with E-state index < -0.39 is 10.8 Å². The highest BCUT2D eigenvalue weighted by atomic mass is 16.5. The second kappa shape index (κ2) is 2.58. The molecule has 3 aliphatic rings. The summed E-state index contributed by atoms with van der Waals surface area (Å²) in [6.07, 6.45) is -0.00380. The molecule has 1 saturated carbocycles. The molecule has 0 aromatic rings. The maximum Gasteiger partial charge on any atom is 0.149 e. The van der Waals surface area contributed by atoms with Crippen molar-refractivity contribution in [2.24, 2.45) is 22.7 Å². The second-order valence-electron chi connectivity index (χ2n) is 6.12. The Kier molecular flexibility index (Phi) is 1.69. The SMILES string of the molecule is CC1C(C)C2OC1C1(C)C(=O)CC(=O)C21C. The van der Waals surface area contributed by atoms with Crippen molar-refractivity contribution < 1.29 is 14.3 Å². The summed E-state index contributed by atoms with van der Waals surface area (Å²) in [6, 6.07) is 0. The molecule has 2 aliphatic heterocycles. The molecule has 0 aromatic carbocycles. The molecule has 88 valence electrons.